The zero-order valence-corrected chi connectivity index (χ0v) is 8.49. The van der Waals surface area contributed by atoms with Gasteiger partial charge in [0.25, 0.3) is 0 Å². The Labute approximate surface area is 89.0 Å². The largest absolute Gasteiger partial charge is 0.398 e. The summed E-state index contributed by atoms with van der Waals surface area (Å²) in [4.78, 5) is 3.97. The molecule has 1 heterocycles. The number of aromatic nitrogens is 1. The van der Waals surface area contributed by atoms with Crippen molar-refractivity contribution in [1.29, 1.82) is 0 Å². The third-order valence-electron chi connectivity index (χ3n) is 1.93. The maximum atomic E-state index is 5.69. The van der Waals surface area contributed by atoms with Gasteiger partial charge in [-0.15, -0.1) is 24.8 Å². The summed E-state index contributed by atoms with van der Waals surface area (Å²) >= 11 is 0. The number of nitrogen functional groups attached to an aromatic ring is 1. The molecule has 1 aromatic heterocycles. The Balaban J connectivity index is 0.000000720. The van der Waals surface area contributed by atoms with E-state index in [9.17, 15) is 0 Å². The highest BCUT2D eigenvalue weighted by molar-refractivity contribution is 5.85. The quantitative estimate of drug-likeness (QED) is 0.693. The number of nitrogens with zero attached hydrogens (tertiary/aromatic N) is 1. The van der Waals surface area contributed by atoms with Crippen molar-refractivity contribution in [2.45, 2.75) is 6.42 Å². The summed E-state index contributed by atoms with van der Waals surface area (Å²) in [7, 11) is 0. The van der Waals surface area contributed by atoms with Crippen LogP contribution in [0.2, 0.25) is 0 Å². The number of hydrogen-bond acceptors (Lipinski definition) is 3. The van der Waals surface area contributed by atoms with E-state index in [4.69, 9.17) is 11.5 Å². The smallest absolute Gasteiger partial charge is 0.127 e. The van der Waals surface area contributed by atoms with E-state index < -0.39 is 0 Å². The number of hydrogen-bond donors (Lipinski definition) is 2. The van der Waals surface area contributed by atoms with Crippen molar-refractivity contribution in [3.05, 3.63) is 29.5 Å². The SMILES string of the molecule is Cl.Cl.NC1=CCc2c1ccnc2N. The lowest BCUT2D eigenvalue weighted by Crippen LogP contribution is -1.99. The Morgan fingerprint density at radius 2 is 1.92 bits per heavy atom. The first kappa shape index (κ1) is 12.1. The van der Waals surface area contributed by atoms with Crippen LogP contribution in [0.1, 0.15) is 11.1 Å². The molecule has 0 fully saturated rings. The first-order valence-corrected chi connectivity index (χ1v) is 3.48. The molecule has 0 unspecified atom stereocenters. The summed E-state index contributed by atoms with van der Waals surface area (Å²) < 4.78 is 0. The van der Waals surface area contributed by atoms with E-state index in [-0.39, 0.29) is 24.8 Å². The zero-order chi connectivity index (χ0) is 7.84. The molecule has 13 heavy (non-hydrogen) atoms. The van der Waals surface area contributed by atoms with Gasteiger partial charge in [-0.1, -0.05) is 6.08 Å². The minimum absolute atomic E-state index is 0. The van der Waals surface area contributed by atoms with Gasteiger partial charge >= 0.3 is 0 Å². The molecular formula is C8H11Cl2N3. The molecule has 4 N–H and O–H groups in total. The zero-order valence-electron chi connectivity index (χ0n) is 6.86. The molecule has 5 heteroatoms. The fourth-order valence-corrected chi connectivity index (χ4v) is 1.32. The van der Waals surface area contributed by atoms with Gasteiger partial charge < -0.3 is 11.5 Å². The molecule has 0 spiro atoms. The molecule has 3 nitrogen and oxygen atoms in total. The number of halogens is 2. The van der Waals surface area contributed by atoms with E-state index in [2.05, 4.69) is 4.98 Å². The third kappa shape index (κ3) is 1.87. The summed E-state index contributed by atoms with van der Waals surface area (Å²) in [5, 5.41) is 0. The van der Waals surface area contributed by atoms with Crippen molar-refractivity contribution in [2.24, 2.45) is 5.73 Å². The van der Waals surface area contributed by atoms with Crippen LogP contribution in [0.25, 0.3) is 5.70 Å². The lowest BCUT2D eigenvalue weighted by atomic mass is 10.1. The summed E-state index contributed by atoms with van der Waals surface area (Å²) in [5.74, 6) is 0.596. The first-order valence-electron chi connectivity index (χ1n) is 3.48. The second-order valence-electron chi connectivity index (χ2n) is 2.59. The monoisotopic (exact) mass is 219 g/mol. The van der Waals surface area contributed by atoms with Crippen LogP contribution in [-0.2, 0) is 6.42 Å². The number of nitrogens with two attached hydrogens (primary N) is 2. The highest BCUT2D eigenvalue weighted by atomic mass is 35.5. The molecule has 0 bridgehead atoms. The van der Waals surface area contributed by atoms with Gasteiger partial charge in [0.1, 0.15) is 5.82 Å². The number of fused-ring (bicyclic) bond motifs is 1. The van der Waals surface area contributed by atoms with E-state index >= 15 is 0 Å². The van der Waals surface area contributed by atoms with Crippen LogP contribution in [0.15, 0.2) is 18.3 Å². The van der Waals surface area contributed by atoms with Gasteiger partial charge in [-0.05, 0) is 12.5 Å². The van der Waals surface area contributed by atoms with Crippen LogP contribution in [0.5, 0.6) is 0 Å². The average molecular weight is 220 g/mol. The van der Waals surface area contributed by atoms with Crippen LogP contribution in [0.4, 0.5) is 5.82 Å². The molecule has 0 atom stereocenters. The molecule has 0 saturated heterocycles. The number of allylic oxidation sites excluding steroid dienone is 1. The maximum absolute atomic E-state index is 5.69. The Morgan fingerprint density at radius 3 is 2.54 bits per heavy atom. The van der Waals surface area contributed by atoms with Crippen molar-refractivity contribution in [1.82, 2.24) is 4.98 Å². The summed E-state index contributed by atoms with van der Waals surface area (Å²) in [6.45, 7) is 0. The molecule has 0 aromatic carbocycles. The van der Waals surface area contributed by atoms with Crippen molar-refractivity contribution in [3.8, 4) is 0 Å². The maximum Gasteiger partial charge on any atom is 0.127 e. The van der Waals surface area contributed by atoms with Crippen molar-refractivity contribution >= 4 is 36.3 Å². The number of anilines is 1. The molecule has 0 saturated carbocycles. The van der Waals surface area contributed by atoms with Gasteiger partial charge in [0, 0.05) is 23.0 Å². The molecule has 0 radical (unpaired) electrons. The van der Waals surface area contributed by atoms with Gasteiger partial charge in [0.2, 0.25) is 0 Å². The minimum Gasteiger partial charge on any atom is -0.398 e. The second kappa shape index (κ2) is 4.35. The van der Waals surface area contributed by atoms with Crippen molar-refractivity contribution in [2.75, 3.05) is 5.73 Å². The standard InChI is InChI=1S/C8H9N3.2ClH/c9-7-2-1-6-5(7)3-4-11-8(6)10;;/h2-4H,1,9H2,(H2,10,11);2*1H. The van der Waals surface area contributed by atoms with Crippen LogP contribution >= 0.6 is 24.8 Å². The Kier molecular flexibility index (Phi) is 4.04. The summed E-state index contributed by atoms with van der Waals surface area (Å²) in [6, 6.07) is 1.89. The van der Waals surface area contributed by atoms with Gasteiger partial charge in [0.15, 0.2) is 0 Å². The highest BCUT2D eigenvalue weighted by Gasteiger charge is 2.13. The Hall–Kier alpha value is -0.930. The van der Waals surface area contributed by atoms with Crippen LogP contribution in [0.3, 0.4) is 0 Å². The molecule has 72 valence electrons. The molecule has 0 amide bonds. The topological polar surface area (TPSA) is 64.9 Å². The van der Waals surface area contributed by atoms with E-state index in [0.29, 0.717) is 5.82 Å². The lowest BCUT2D eigenvalue weighted by Gasteiger charge is -2.01. The Morgan fingerprint density at radius 1 is 1.23 bits per heavy atom. The molecule has 0 aliphatic heterocycles. The van der Waals surface area contributed by atoms with Crippen molar-refractivity contribution < 1.29 is 0 Å². The van der Waals surface area contributed by atoms with Crippen LogP contribution in [0, 0.1) is 0 Å². The predicted molar refractivity (Wildman–Crippen MR) is 59.0 cm³/mol. The fourth-order valence-electron chi connectivity index (χ4n) is 1.32. The van der Waals surface area contributed by atoms with E-state index in [1.807, 2.05) is 12.1 Å². The minimum atomic E-state index is 0. The summed E-state index contributed by atoms with van der Waals surface area (Å²) in [5.41, 5.74) is 14.2. The molecule has 1 aliphatic rings. The number of rotatable bonds is 0. The number of pyridine rings is 1. The average Bonchev–Trinajstić information content (AvgIpc) is 2.35. The van der Waals surface area contributed by atoms with Crippen LogP contribution in [-0.4, -0.2) is 4.98 Å². The van der Waals surface area contributed by atoms with E-state index in [1.165, 1.54) is 0 Å². The van der Waals surface area contributed by atoms with Crippen LogP contribution < -0.4 is 11.5 Å². The molecule has 1 aliphatic carbocycles. The van der Waals surface area contributed by atoms with Gasteiger partial charge in [-0.3, -0.25) is 0 Å². The van der Waals surface area contributed by atoms with E-state index in [0.717, 1.165) is 23.2 Å². The molecular weight excluding hydrogens is 209 g/mol. The van der Waals surface area contributed by atoms with Gasteiger partial charge in [0.05, 0.1) is 0 Å². The van der Waals surface area contributed by atoms with E-state index in [1.54, 1.807) is 6.20 Å². The lowest BCUT2D eigenvalue weighted by molar-refractivity contribution is 1.22. The fraction of sp³-hybridized carbons (Fsp3) is 0.125. The Bertz CT molecular complexity index is 336. The van der Waals surface area contributed by atoms with Gasteiger partial charge in [-0.2, -0.15) is 0 Å². The second-order valence-corrected chi connectivity index (χ2v) is 2.59. The normalized spacial score (nSPS) is 12.2. The third-order valence-corrected chi connectivity index (χ3v) is 1.93. The molecule has 1 aromatic rings. The summed E-state index contributed by atoms with van der Waals surface area (Å²) in [6.07, 6.45) is 4.46. The predicted octanol–water partition coefficient (Wildman–Crippen LogP) is 1.36. The van der Waals surface area contributed by atoms with Crippen molar-refractivity contribution in [3.63, 3.8) is 0 Å². The van der Waals surface area contributed by atoms with Gasteiger partial charge in [-0.25, -0.2) is 4.98 Å². The first-order chi connectivity index (χ1) is 5.29. The molecule has 2 rings (SSSR count). The highest BCUT2D eigenvalue weighted by Crippen LogP contribution is 2.26.